The predicted molar refractivity (Wildman–Crippen MR) is 104 cm³/mol. The lowest BCUT2D eigenvalue weighted by Crippen LogP contribution is -2.50. The van der Waals surface area contributed by atoms with Crippen molar-refractivity contribution in [2.45, 2.75) is 52.4 Å². The summed E-state index contributed by atoms with van der Waals surface area (Å²) in [7, 11) is 0. The average molecular weight is 354 g/mol. The molecule has 140 valence electrons. The molecule has 0 unspecified atom stereocenters. The molecule has 0 radical (unpaired) electrons. The molecule has 2 fully saturated rings. The number of rotatable bonds is 4. The summed E-state index contributed by atoms with van der Waals surface area (Å²) in [5.74, 6) is 1.37. The standard InChI is InChI=1S/C21H30N4O/c1-15-5-6-17-20(16(15)2)24-18(23-17)4-3-13-25-14-21(8-7-19(25)26)9-11-22-12-10-21/h5-6,22H,3-4,7-14H2,1-2H3,(H,23,24). The topological polar surface area (TPSA) is 61.0 Å². The Hall–Kier alpha value is -1.88. The number of nitrogens with one attached hydrogen (secondary N) is 2. The van der Waals surface area contributed by atoms with E-state index in [9.17, 15) is 4.79 Å². The van der Waals surface area contributed by atoms with E-state index in [2.05, 4.69) is 41.2 Å². The zero-order valence-electron chi connectivity index (χ0n) is 16.0. The molecule has 5 nitrogen and oxygen atoms in total. The highest BCUT2D eigenvalue weighted by Crippen LogP contribution is 2.38. The van der Waals surface area contributed by atoms with Crippen molar-refractivity contribution in [3.63, 3.8) is 0 Å². The van der Waals surface area contributed by atoms with Crippen LogP contribution in [0.4, 0.5) is 0 Å². The van der Waals surface area contributed by atoms with Gasteiger partial charge in [-0.25, -0.2) is 4.98 Å². The van der Waals surface area contributed by atoms with E-state index in [-0.39, 0.29) is 0 Å². The van der Waals surface area contributed by atoms with Crippen molar-refractivity contribution in [1.82, 2.24) is 20.2 Å². The molecule has 2 N–H and O–H groups in total. The average Bonchev–Trinajstić information content (AvgIpc) is 3.06. The lowest BCUT2D eigenvalue weighted by atomic mass is 9.72. The number of aromatic amines is 1. The van der Waals surface area contributed by atoms with Crippen LogP contribution in [0.1, 0.15) is 49.1 Å². The Morgan fingerprint density at radius 2 is 2.00 bits per heavy atom. The van der Waals surface area contributed by atoms with Gasteiger partial charge in [0.05, 0.1) is 11.0 Å². The summed E-state index contributed by atoms with van der Waals surface area (Å²) in [5, 5.41) is 3.45. The molecular weight excluding hydrogens is 324 g/mol. The largest absolute Gasteiger partial charge is 0.342 e. The fourth-order valence-corrected chi connectivity index (χ4v) is 4.59. The first kappa shape index (κ1) is 17.5. The lowest BCUT2D eigenvalue weighted by Gasteiger charge is -2.45. The SMILES string of the molecule is Cc1ccc2[nH]c(CCCN3CC4(CCNCC4)CCC3=O)nc2c1C. The van der Waals surface area contributed by atoms with E-state index in [1.807, 2.05) is 0 Å². The van der Waals surface area contributed by atoms with E-state index in [1.165, 1.54) is 24.0 Å². The van der Waals surface area contributed by atoms with Crippen molar-refractivity contribution >= 4 is 16.9 Å². The van der Waals surface area contributed by atoms with E-state index in [1.54, 1.807) is 0 Å². The Kier molecular flexibility index (Phi) is 4.74. The van der Waals surface area contributed by atoms with Gasteiger partial charge in [-0.15, -0.1) is 0 Å². The van der Waals surface area contributed by atoms with Crippen LogP contribution in [-0.2, 0) is 11.2 Å². The molecular formula is C21H30N4O. The van der Waals surface area contributed by atoms with Crippen molar-refractivity contribution in [1.29, 1.82) is 0 Å². The molecule has 0 saturated carbocycles. The third-order valence-corrected chi connectivity index (χ3v) is 6.48. The fraction of sp³-hybridized carbons (Fsp3) is 0.619. The number of piperidine rings is 2. The van der Waals surface area contributed by atoms with Gasteiger partial charge in [-0.2, -0.15) is 0 Å². The Morgan fingerprint density at radius 1 is 1.19 bits per heavy atom. The number of amides is 1. The highest BCUT2D eigenvalue weighted by Gasteiger charge is 2.39. The van der Waals surface area contributed by atoms with Gasteiger partial charge in [0, 0.05) is 25.9 Å². The number of hydrogen-bond donors (Lipinski definition) is 2. The van der Waals surface area contributed by atoms with Crippen LogP contribution in [0.2, 0.25) is 0 Å². The van der Waals surface area contributed by atoms with Crippen LogP contribution >= 0.6 is 0 Å². The highest BCUT2D eigenvalue weighted by atomic mass is 16.2. The molecule has 2 aromatic rings. The van der Waals surface area contributed by atoms with E-state index < -0.39 is 0 Å². The number of benzene rings is 1. The number of fused-ring (bicyclic) bond motifs is 1. The van der Waals surface area contributed by atoms with E-state index >= 15 is 0 Å². The number of hydrogen-bond acceptors (Lipinski definition) is 3. The smallest absolute Gasteiger partial charge is 0.222 e. The number of imidazole rings is 1. The number of H-pyrrole nitrogens is 1. The molecule has 1 aromatic carbocycles. The normalized spacial score (nSPS) is 20.2. The molecule has 5 heteroatoms. The summed E-state index contributed by atoms with van der Waals surface area (Å²) < 4.78 is 0. The molecule has 1 spiro atoms. The summed E-state index contributed by atoms with van der Waals surface area (Å²) in [6, 6.07) is 4.26. The van der Waals surface area contributed by atoms with Crippen LogP contribution in [0.3, 0.4) is 0 Å². The van der Waals surface area contributed by atoms with Gasteiger partial charge in [-0.3, -0.25) is 4.79 Å². The van der Waals surface area contributed by atoms with Gasteiger partial charge < -0.3 is 15.2 Å². The number of nitrogens with zero attached hydrogens (tertiary/aromatic N) is 2. The van der Waals surface area contributed by atoms with Crippen molar-refractivity contribution in [2.75, 3.05) is 26.2 Å². The number of carbonyl (C=O) groups is 1. The van der Waals surface area contributed by atoms with Crippen LogP contribution in [0, 0.1) is 19.3 Å². The predicted octanol–water partition coefficient (Wildman–Crippen LogP) is 3.10. The third kappa shape index (κ3) is 3.37. The van der Waals surface area contributed by atoms with Crippen molar-refractivity contribution < 1.29 is 4.79 Å². The summed E-state index contributed by atoms with van der Waals surface area (Å²) >= 11 is 0. The highest BCUT2D eigenvalue weighted by molar-refractivity contribution is 5.80. The van der Waals surface area contributed by atoms with Gasteiger partial charge in [0.2, 0.25) is 5.91 Å². The molecule has 0 bridgehead atoms. The van der Waals surface area contributed by atoms with E-state index in [0.717, 1.165) is 68.7 Å². The molecule has 2 aliphatic rings. The monoisotopic (exact) mass is 354 g/mol. The van der Waals surface area contributed by atoms with Gasteiger partial charge in [0.25, 0.3) is 0 Å². The Labute approximate surface area is 155 Å². The first-order chi connectivity index (χ1) is 12.6. The molecule has 2 aliphatic heterocycles. The summed E-state index contributed by atoms with van der Waals surface area (Å²) in [6.45, 7) is 8.25. The second-order valence-electron chi connectivity index (χ2n) is 8.26. The maximum absolute atomic E-state index is 12.4. The minimum atomic E-state index is 0.338. The molecule has 3 heterocycles. The van der Waals surface area contributed by atoms with Gasteiger partial charge >= 0.3 is 0 Å². The summed E-state index contributed by atoms with van der Waals surface area (Å²) in [5.41, 5.74) is 5.10. The Morgan fingerprint density at radius 3 is 2.81 bits per heavy atom. The zero-order chi connectivity index (χ0) is 18.1. The molecule has 2 saturated heterocycles. The van der Waals surface area contributed by atoms with Crippen molar-refractivity contribution in [3.05, 3.63) is 29.1 Å². The number of aryl methyl sites for hydroxylation is 3. The molecule has 4 rings (SSSR count). The number of aromatic nitrogens is 2. The Bertz CT molecular complexity index is 804. The van der Waals surface area contributed by atoms with Gasteiger partial charge in [0.15, 0.2) is 0 Å². The second kappa shape index (κ2) is 7.03. The van der Waals surface area contributed by atoms with Crippen LogP contribution in [0.25, 0.3) is 11.0 Å². The minimum Gasteiger partial charge on any atom is -0.342 e. The van der Waals surface area contributed by atoms with Gasteiger partial charge in [0.1, 0.15) is 5.82 Å². The number of likely N-dealkylation sites (tertiary alicyclic amines) is 1. The third-order valence-electron chi connectivity index (χ3n) is 6.48. The summed E-state index contributed by atoms with van der Waals surface area (Å²) in [4.78, 5) is 22.7. The molecule has 26 heavy (non-hydrogen) atoms. The minimum absolute atomic E-state index is 0.338. The first-order valence-corrected chi connectivity index (χ1v) is 10.00. The Balaban J connectivity index is 1.37. The maximum atomic E-state index is 12.4. The van der Waals surface area contributed by atoms with Crippen LogP contribution in [-0.4, -0.2) is 47.0 Å². The molecule has 1 aromatic heterocycles. The van der Waals surface area contributed by atoms with Crippen LogP contribution in [0.5, 0.6) is 0 Å². The molecule has 0 atom stereocenters. The van der Waals surface area contributed by atoms with Gasteiger partial charge in [-0.05, 0) is 75.2 Å². The zero-order valence-corrected chi connectivity index (χ0v) is 16.0. The van der Waals surface area contributed by atoms with Crippen molar-refractivity contribution in [2.24, 2.45) is 5.41 Å². The fourth-order valence-electron chi connectivity index (χ4n) is 4.59. The van der Waals surface area contributed by atoms with Crippen molar-refractivity contribution in [3.8, 4) is 0 Å². The van der Waals surface area contributed by atoms with E-state index in [0.29, 0.717) is 11.3 Å². The summed E-state index contributed by atoms with van der Waals surface area (Å²) in [6.07, 6.45) is 6.08. The van der Waals surface area contributed by atoms with Crippen LogP contribution in [0.15, 0.2) is 12.1 Å². The van der Waals surface area contributed by atoms with E-state index in [4.69, 9.17) is 4.98 Å². The number of carbonyl (C=O) groups excluding carboxylic acids is 1. The molecule has 0 aliphatic carbocycles. The second-order valence-corrected chi connectivity index (χ2v) is 8.26. The molecule has 1 amide bonds. The maximum Gasteiger partial charge on any atom is 0.222 e. The van der Waals surface area contributed by atoms with Crippen LogP contribution < -0.4 is 5.32 Å². The van der Waals surface area contributed by atoms with Gasteiger partial charge in [-0.1, -0.05) is 6.07 Å². The quantitative estimate of drug-likeness (QED) is 0.887. The first-order valence-electron chi connectivity index (χ1n) is 10.00. The lowest BCUT2D eigenvalue weighted by molar-refractivity contribution is -0.138.